The molecule has 1 aromatic heterocycles. The van der Waals surface area contributed by atoms with Gasteiger partial charge in [0.25, 0.3) is 5.56 Å². The topological polar surface area (TPSA) is 66.0 Å². The highest BCUT2D eigenvalue weighted by Gasteiger charge is 2.03. The van der Waals surface area contributed by atoms with Gasteiger partial charge < -0.3 is 10.1 Å². The van der Waals surface area contributed by atoms with Gasteiger partial charge in [0.15, 0.2) is 0 Å². The van der Waals surface area contributed by atoms with Gasteiger partial charge in [-0.15, -0.1) is 0 Å². The highest BCUT2D eigenvalue weighted by Crippen LogP contribution is 2.14. The Hall–Kier alpha value is -1.20. The molecule has 0 radical (unpaired) electrons. The first-order valence-electron chi connectivity index (χ1n) is 4.50. The van der Waals surface area contributed by atoms with Crippen molar-refractivity contribution >= 4 is 26.8 Å². The van der Waals surface area contributed by atoms with E-state index in [0.717, 1.165) is 4.47 Å². The number of nitrogens with zero attached hydrogens (tertiary/aromatic N) is 1. The predicted molar refractivity (Wildman–Crippen MR) is 60.9 cm³/mol. The van der Waals surface area contributed by atoms with Gasteiger partial charge in [0.2, 0.25) is 0 Å². The van der Waals surface area contributed by atoms with Crippen LogP contribution in [0.5, 0.6) is 0 Å². The fourth-order valence-electron chi connectivity index (χ4n) is 1.38. The largest absolute Gasteiger partial charge is 0.396 e. The molecule has 2 N–H and O–H groups in total. The van der Waals surface area contributed by atoms with Gasteiger partial charge in [0, 0.05) is 10.9 Å². The van der Waals surface area contributed by atoms with Crippen molar-refractivity contribution in [3.63, 3.8) is 0 Å². The Balaban J connectivity index is 2.67. The average molecular weight is 269 g/mol. The smallest absolute Gasteiger partial charge is 0.258 e. The second-order valence-corrected chi connectivity index (χ2v) is 4.06. The summed E-state index contributed by atoms with van der Waals surface area (Å²) in [4.78, 5) is 18.5. The average Bonchev–Trinajstić information content (AvgIpc) is 2.20. The van der Waals surface area contributed by atoms with Gasteiger partial charge in [-0.1, -0.05) is 15.9 Å². The van der Waals surface area contributed by atoms with Crippen molar-refractivity contribution < 1.29 is 5.11 Å². The summed E-state index contributed by atoms with van der Waals surface area (Å²) in [6.45, 7) is -0.0228. The van der Waals surface area contributed by atoms with Gasteiger partial charge in [-0.3, -0.25) is 4.79 Å². The lowest BCUT2D eigenvalue weighted by Crippen LogP contribution is -2.12. The number of aliphatic hydroxyl groups is 1. The van der Waals surface area contributed by atoms with E-state index in [-0.39, 0.29) is 12.2 Å². The molecule has 1 aromatic carbocycles. The minimum Gasteiger partial charge on any atom is -0.396 e. The van der Waals surface area contributed by atoms with Crippen LogP contribution in [-0.4, -0.2) is 21.7 Å². The lowest BCUT2D eigenvalue weighted by Gasteiger charge is -2.01. The van der Waals surface area contributed by atoms with E-state index in [1.54, 1.807) is 12.1 Å². The van der Waals surface area contributed by atoms with Crippen LogP contribution in [0.4, 0.5) is 0 Å². The van der Waals surface area contributed by atoms with Crippen LogP contribution in [0.1, 0.15) is 5.82 Å². The molecule has 1 heterocycles. The van der Waals surface area contributed by atoms with Crippen molar-refractivity contribution in [3.05, 3.63) is 38.9 Å². The molecule has 0 saturated carbocycles. The van der Waals surface area contributed by atoms with E-state index >= 15 is 0 Å². The van der Waals surface area contributed by atoms with E-state index in [2.05, 4.69) is 25.9 Å². The molecule has 2 aromatic rings. The van der Waals surface area contributed by atoms with Gasteiger partial charge >= 0.3 is 0 Å². The Morgan fingerprint density at radius 1 is 1.47 bits per heavy atom. The summed E-state index contributed by atoms with van der Waals surface area (Å²) in [6.07, 6.45) is 0.362. The normalized spacial score (nSPS) is 10.8. The van der Waals surface area contributed by atoms with Gasteiger partial charge in [0.1, 0.15) is 5.82 Å². The second kappa shape index (κ2) is 4.12. The molecule has 15 heavy (non-hydrogen) atoms. The van der Waals surface area contributed by atoms with Crippen molar-refractivity contribution in [2.75, 3.05) is 6.61 Å². The van der Waals surface area contributed by atoms with Gasteiger partial charge in [0.05, 0.1) is 17.5 Å². The highest BCUT2D eigenvalue weighted by atomic mass is 79.9. The zero-order chi connectivity index (χ0) is 10.8. The van der Waals surface area contributed by atoms with Gasteiger partial charge in [-0.05, 0) is 18.2 Å². The molecule has 0 saturated heterocycles. The van der Waals surface area contributed by atoms with Crippen molar-refractivity contribution in [1.82, 2.24) is 9.97 Å². The summed E-state index contributed by atoms with van der Waals surface area (Å²) in [5, 5.41) is 9.30. The van der Waals surface area contributed by atoms with Crippen LogP contribution < -0.4 is 5.56 Å². The SMILES string of the molecule is O=c1[nH]c(CCO)nc2ccc(Br)cc12. The second-order valence-electron chi connectivity index (χ2n) is 3.15. The van der Waals surface area contributed by atoms with Gasteiger partial charge in [-0.25, -0.2) is 4.98 Å². The minimum atomic E-state index is -0.176. The number of nitrogens with one attached hydrogen (secondary N) is 1. The number of rotatable bonds is 2. The van der Waals surface area contributed by atoms with Crippen LogP contribution in [0.2, 0.25) is 0 Å². The van der Waals surface area contributed by atoms with Crippen LogP contribution in [-0.2, 0) is 6.42 Å². The first kappa shape index (κ1) is 10.3. The van der Waals surface area contributed by atoms with Crippen molar-refractivity contribution in [3.8, 4) is 0 Å². The van der Waals surface area contributed by atoms with E-state index in [1.807, 2.05) is 6.07 Å². The number of aromatic nitrogens is 2. The van der Waals surface area contributed by atoms with Crippen LogP contribution in [0.15, 0.2) is 27.5 Å². The summed E-state index contributed by atoms with van der Waals surface area (Å²) < 4.78 is 0.845. The van der Waals surface area contributed by atoms with E-state index in [4.69, 9.17) is 5.11 Å². The van der Waals surface area contributed by atoms with Crippen LogP contribution in [0.3, 0.4) is 0 Å². The Bertz CT molecular complexity index is 551. The van der Waals surface area contributed by atoms with E-state index in [1.165, 1.54) is 0 Å². The summed E-state index contributed by atoms with van der Waals surface area (Å²) in [6, 6.07) is 5.33. The molecule has 0 aliphatic heterocycles. The first-order valence-corrected chi connectivity index (χ1v) is 5.29. The molecular formula is C10H9BrN2O2. The molecule has 4 nitrogen and oxygen atoms in total. The molecule has 78 valence electrons. The minimum absolute atomic E-state index is 0.0228. The van der Waals surface area contributed by atoms with E-state index < -0.39 is 0 Å². The molecule has 0 spiro atoms. The third-order valence-corrected chi connectivity index (χ3v) is 2.56. The number of fused-ring (bicyclic) bond motifs is 1. The third-order valence-electron chi connectivity index (χ3n) is 2.07. The van der Waals surface area contributed by atoms with Crippen molar-refractivity contribution in [2.45, 2.75) is 6.42 Å². The van der Waals surface area contributed by atoms with Crippen LogP contribution in [0, 0.1) is 0 Å². The molecule has 0 amide bonds. The van der Waals surface area contributed by atoms with Crippen LogP contribution in [0.25, 0.3) is 10.9 Å². The number of H-pyrrole nitrogens is 1. The predicted octanol–water partition coefficient (Wildman–Crippen LogP) is 1.22. The first-order chi connectivity index (χ1) is 7.20. The van der Waals surface area contributed by atoms with Crippen LogP contribution >= 0.6 is 15.9 Å². The quantitative estimate of drug-likeness (QED) is 0.861. The maximum Gasteiger partial charge on any atom is 0.258 e. The Labute approximate surface area is 94.1 Å². The number of aromatic amines is 1. The Morgan fingerprint density at radius 2 is 2.27 bits per heavy atom. The number of aliphatic hydroxyl groups excluding tert-OH is 1. The zero-order valence-electron chi connectivity index (χ0n) is 7.83. The number of benzene rings is 1. The maximum absolute atomic E-state index is 11.6. The van der Waals surface area contributed by atoms with E-state index in [9.17, 15) is 4.79 Å². The molecule has 0 bridgehead atoms. The zero-order valence-corrected chi connectivity index (χ0v) is 9.41. The molecule has 0 fully saturated rings. The summed E-state index contributed by atoms with van der Waals surface area (Å²) in [7, 11) is 0. The lowest BCUT2D eigenvalue weighted by atomic mass is 10.2. The molecule has 0 aliphatic carbocycles. The monoisotopic (exact) mass is 268 g/mol. The molecule has 0 aliphatic rings. The number of halogens is 1. The third kappa shape index (κ3) is 2.08. The molecule has 5 heteroatoms. The fourth-order valence-corrected chi connectivity index (χ4v) is 1.74. The summed E-state index contributed by atoms with van der Waals surface area (Å²) >= 11 is 3.30. The van der Waals surface area contributed by atoms with Crippen molar-refractivity contribution in [1.29, 1.82) is 0 Å². The fraction of sp³-hybridized carbons (Fsp3) is 0.200. The molecule has 2 rings (SSSR count). The number of hydrogen-bond donors (Lipinski definition) is 2. The maximum atomic E-state index is 11.6. The van der Waals surface area contributed by atoms with E-state index in [0.29, 0.717) is 23.1 Å². The molecule has 0 atom stereocenters. The van der Waals surface area contributed by atoms with Crippen molar-refractivity contribution in [2.24, 2.45) is 0 Å². The Kier molecular flexibility index (Phi) is 2.83. The highest BCUT2D eigenvalue weighted by molar-refractivity contribution is 9.10. The number of hydrogen-bond acceptors (Lipinski definition) is 3. The Morgan fingerprint density at radius 3 is 3.00 bits per heavy atom. The molecule has 0 unspecified atom stereocenters. The molecular weight excluding hydrogens is 260 g/mol. The standard InChI is InChI=1S/C10H9BrN2O2/c11-6-1-2-8-7(5-6)10(15)13-9(12-8)3-4-14/h1-2,5,14H,3-4H2,(H,12,13,15). The van der Waals surface area contributed by atoms with Gasteiger partial charge in [-0.2, -0.15) is 0 Å². The summed E-state index contributed by atoms with van der Waals surface area (Å²) in [5.41, 5.74) is 0.468. The lowest BCUT2D eigenvalue weighted by molar-refractivity contribution is 0.296. The summed E-state index contributed by atoms with van der Waals surface area (Å²) in [5.74, 6) is 0.511.